The summed E-state index contributed by atoms with van der Waals surface area (Å²) in [6.45, 7) is 5.60. The summed E-state index contributed by atoms with van der Waals surface area (Å²) in [6.07, 6.45) is -0.107. The van der Waals surface area contributed by atoms with Gasteiger partial charge in [0.1, 0.15) is 11.5 Å². The molecule has 6 nitrogen and oxygen atoms in total. The largest absolute Gasteiger partial charge is 0.507 e. The fourth-order valence-corrected chi connectivity index (χ4v) is 5.34. The minimum absolute atomic E-state index is 0.0875. The molecule has 0 radical (unpaired) electrons. The van der Waals surface area contributed by atoms with E-state index in [-0.39, 0.29) is 28.1 Å². The molecule has 1 amide bonds. The maximum atomic E-state index is 13.8. The van der Waals surface area contributed by atoms with E-state index in [0.717, 1.165) is 29.0 Å². The summed E-state index contributed by atoms with van der Waals surface area (Å²) in [5.41, 5.74) is 1.80. The highest BCUT2D eigenvalue weighted by Crippen LogP contribution is 2.44. The lowest BCUT2D eigenvalue weighted by Crippen LogP contribution is -2.29. The SMILES string of the molecule is Cc1cccc(C2/C(=C(\O)c3cccc(OC(C)C)c3)C(=O)C(=O)N2c2nc3cc(F)c(F)cc3s2)c1. The van der Waals surface area contributed by atoms with Crippen molar-refractivity contribution in [3.63, 3.8) is 0 Å². The summed E-state index contributed by atoms with van der Waals surface area (Å²) in [5.74, 6) is -3.76. The second-order valence-corrected chi connectivity index (χ2v) is 10.0. The van der Waals surface area contributed by atoms with Crippen LogP contribution in [-0.2, 0) is 9.59 Å². The molecule has 0 saturated carbocycles. The molecular weight excluding hydrogens is 498 g/mol. The van der Waals surface area contributed by atoms with Crippen LogP contribution >= 0.6 is 11.3 Å². The topological polar surface area (TPSA) is 79.7 Å². The van der Waals surface area contributed by atoms with Crippen LogP contribution in [0, 0.1) is 18.6 Å². The van der Waals surface area contributed by atoms with Crippen LogP contribution in [0.2, 0.25) is 0 Å². The summed E-state index contributed by atoms with van der Waals surface area (Å²) in [7, 11) is 0. The van der Waals surface area contributed by atoms with Crippen LogP contribution in [0.4, 0.5) is 13.9 Å². The van der Waals surface area contributed by atoms with Crippen molar-refractivity contribution in [3.05, 3.63) is 94.6 Å². The molecule has 1 saturated heterocycles. The first kappa shape index (κ1) is 24.6. The average molecular weight is 521 g/mol. The maximum absolute atomic E-state index is 13.8. The predicted octanol–water partition coefficient (Wildman–Crippen LogP) is 6.30. The van der Waals surface area contributed by atoms with Gasteiger partial charge in [0.25, 0.3) is 5.78 Å². The monoisotopic (exact) mass is 520 g/mol. The molecule has 3 aromatic carbocycles. The minimum Gasteiger partial charge on any atom is -0.507 e. The number of aromatic nitrogens is 1. The molecule has 188 valence electrons. The average Bonchev–Trinajstić information content (AvgIpc) is 3.36. The van der Waals surface area contributed by atoms with Gasteiger partial charge >= 0.3 is 5.91 Å². The Bertz CT molecular complexity index is 1560. The molecule has 9 heteroatoms. The van der Waals surface area contributed by atoms with Gasteiger partial charge in [-0.15, -0.1) is 0 Å². The third kappa shape index (κ3) is 4.46. The van der Waals surface area contributed by atoms with Crippen molar-refractivity contribution in [3.8, 4) is 5.75 Å². The number of ketones is 1. The van der Waals surface area contributed by atoms with Crippen LogP contribution in [0.15, 0.2) is 66.2 Å². The van der Waals surface area contributed by atoms with Gasteiger partial charge in [0.05, 0.1) is 27.9 Å². The van der Waals surface area contributed by atoms with Crippen molar-refractivity contribution in [2.45, 2.75) is 32.9 Å². The van der Waals surface area contributed by atoms with Crippen molar-refractivity contribution in [1.29, 1.82) is 0 Å². The molecule has 1 atom stereocenters. The number of aryl methyl sites for hydroxylation is 1. The third-order valence-corrected chi connectivity index (χ3v) is 6.92. The zero-order valence-electron chi connectivity index (χ0n) is 20.2. The van der Waals surface area contributed by atoms with Crippen LogP contribution in [0.1, 0.15) is 36.6 Å². The standard InChI is InChI=1S/C28H22F2N2O4S/c1-14(2)36-18-9-5-8-17(11-18)25(33)23-24(16-7-4-6-15(3)10-16)32(27(35)26(23)34)28-31-21-12-19(29)20(30)13-22(21)37-28/h4-14,24,33H,1-3H3/b25-23+. The number of thiazole rings is 1. The molecule has 0 spiro atoms. The van der Waals surface area contributed by atoms with Crippen molar-refractivity contribution < 1.29 is 28.2 Å². The number of amides is 1. The number of hydrogen-bond acceptors (Lipinski definition) is 6. The molecule has 1 fully saturated rings. The molecule has 1 aliphatic rings. The number of anilines is 1. The van der Waals surface area contributed by atoms with E-state index in [9.17, 15) is 23.5 Å². The number of Topliss-reactive ketones (excluding diaryl/α,β-unsaturated/α-hetero) is 1. The number of ether oxygens (including phenoxy) is 1. The van der Waals surface area contributed by atoms with Gasteiger partial charge in [-0.25, -0.2) is 13.8 Å². The molecule has 0 bridgehead atoms. The zero-order chi connectivity index (χ0) is 26.4. The highest BCUT2D eigenvalue weighted by molar-refractivity contribution is 7.22. The summed E-state index contributed by atoms with van der Waals surface area (Å²) in [5, 5.41) is 11.4. The Morgan fingerprint density at radius 3 is 2.51 bits per heavy atom. The Hall–Kier alpha value is -4.11. The lowest BCUT2D eigenvalue weighted by atomic mass is 9.94. The Kier molecular flexibility index (Phi) is 6.25. The molecule has 1 N–H and O–H groups in total. The summed E-state index contributed by atoms with van der Waals surface area (Å²) >= 11 is 0.956. The van der Waals surface area contributed by atoms with Crippen molar-refractivity contribution in [2.75, 3.05) is 4.90 Å². The normalized spacial score (nSPS) is 17.2. The van der Waals surface area contributed by atoms with E-state index in [1.54, 1.807) is 36.4 Å². The Morgan fingerprint density at radius 2 is 1.78 bits per heavy atom. The molecule has 1 aromatic heterocycles. The van der Waals surface area contributed by atoms with Gasteiger partial charge in [-0.3, -0.25) is 14.5 Å². The molecule has 1 unspecified atom stereocenters. The fourth-order valence-electron chi connectivity index (χ4n) is 4.34. The number of carbonyl (C=O) groups excluding carboxylic acids is 2. The number of benzene rings is 3. The fraction of sp³-hybridized carbons (Fsp3) is 0.179. The molecular formula is C28H22F2N2O4S. The zero-order valence-corrected chi connectivity index (χ0v) is 21.0. The second-order valence-electron chi connectivity index (χ2n) is 9.01. The van der Waals surface area contributed by atoms with Gasteiger partial charge in [-0.2, -0.15) is 0 Å². The number of rotatable bonds is 5. The first-order valence-corrected chi connectivity index (χ1v) is 12.4. The highest BCUT2D eigenvalue weighted by atomic mass is 32.1. The first-order chi connectivity index (χ1) is 17.6. The van der Waals surface area contributed by atoms with Gasteiger partial charge < -0.3 is 9.84 Å². The molecule has 5 rings (SSSR count). The number of aliphatic hydroxyl groups is 1. The quantitative estimate of drug-likeness (QED) is 0.190. The molecule has 2 heterocycles. The predicted molar refractivity (Wildman–Crippen MR) is 138 cm³/mol. The van der Waals surface area contributed by atoms with E-state index in [0.29, 0.717) is 21.6 Å². The number of nitrogens with zero attached hydrogens (tertiary/aromatic N) is 2. The van der Waals surface area contributed by atoms with Gasteiger partial charge in [-0.1, -0.05) is 53.3 Å². The van der Waals surface area contributed by atoms with Gasteiger partial charge in [-0.05, 0) is 44.5 Å². The van der Waals surface area contributed by atoms with Crippen LogP contribution < -0.4 is 9.64 Å². The van der Waals surface area contributed by atoms with Crippen molar-refractivity contribution >= 4 is 44.1 Å². The number of aliphatic hydroxyl groups excluding tert-OH is 1. The molecule has 0 aliphatic carbocycles. The van der Waals surface area contributed by atoms with Crippen molar-refractivity contribution in [1.82, 2.24) is 4.98 Å². The minimum atomic E-state index is -1.06. The highest BCUT2D eigenvalue weighted by Gasteiger charge is 2.48. The smallest absolute Gasteiger partial charge is 0.301 e. The number of halogens is 2. The third-order valence-electron chi connectivity index (χ3n) is 5.91. The van der Waals surface area contributed by atoms with E-state index in [2.05, 4.69) is 4.98 Å². The number of carbonyl (C=O) groups is 2. The van der Waals surface area contributed by atoms with Gasteiger partial charge in [0, 0.05) is 11.6 Å². The molecule has 1 aliphatic heterocycles. The van der Waals surface area contributed by atoms with E-state index in [1.165, 1.54) is 4.90 Å². The summed E-state index contributed by atoms with van der Waals surface area (Å²) in [6, 6.07) is 14.8. The second kappa shape index (κ2) is 9.40. The van der Waals surface area contributed by atoms with E-state index in [1.807, 2.05) is 32.9 Å². The van der Waals surface area contributed by atoms with E-state index < -0.39 is 29.4 Å². The first-order valence-electron chi connectivity index (χ1n) is 11.5. The Morgan fingerprint density at radius 1 is 1.05 bits per heavy atom. The maximum Gasteiger partial charge on any atom is 0.301 e. The molecule has 4 aromatic rings. The lowest BCUT2D eigenvalue weighted by molar-refractivity contribution is -0.132. The number of hydrogen-bond donors (Lipinski definition) is 1. The molecule has 37 heavy (non-hydrogen) atoms. The Labute approximate surface area is 215 Å². The number of fused-ring (bicyclic) bond motifs is 1. The summed E-state index contributed by atoms with van der Waals surface area (Å²) < 4.78 is 33.7. The van der Waals surface area contributed by atoms with Crippen molar-refractivity contribution in [2.24, 2.45) is 0 Å². The lowest BCUT2D eigenvalue weighted by Gasteiger charge is -2.23. The van der Waals surface area contributed by atoms with Crippen LogP contribution in [0.5, 0.6) is 5.75 Å². The van der Waals surface area contributed by atoms with Crippen LogP contribution in [0.25, 0.3) is 16.0 Å². The Balaban J connectivity index is 1.71. The van der Waals surface area contributed by atoms with E-state index >= 15 is 0 Å². The van der Waals surface area contributed by atoms with Crippen LogP contribution in [0.3, 0.4) is 0 Å². The van der Waals surface area contributed by atoms with Gasteiger partial charge in [0.15, 0.2) is 16.8 Å². The van der Waals surface area contributed by atoms with Gasteiger partial charge in [0.2, 0.25) is 0 Å². The van der Waals surface area contributed by atoms with E-state index in [4.69, 9.17) is 4.74 Å². The summed E-state index contributed by atoms with van der Waals surface area (Å²) in [4.78, 5) is 32.3. The van der Waals surface area contributed by atoms with Crippen LogP contribution in [-0.4, -0.2) is 27.9 Å².